The lowest BCUT2D eigenvalue weighted by molar-refractivity contribution is 0.126. The molecule has 2 heterocycles. The highest BCUT2D eigenvalue weighted by Gasteiger charge is 2.25. The largest absolute Gasteiger partial charge is 0.309 e. The summed E-state index contributed by atoms with van der Waals surface area (Å²) < 4.78 is 0. The summed E-state index contributed by atoms with van der Waals surface area (Å²) in [6.07, 6.45) is 2.59. The molecule has 1 aliphatic rings. The fourth-order valence-corrected chi connectivity index (χ4v) is 2.57. The Morgan fingerprint density at radius 2 is 1.85 bits per heavy atom. The van der Waals surface area contributed by atoms with Crippen molar-refractivity contribution < 1.29 is 0 Å². The van der Waals surface area contributed by atoms with Crippen LogP contribution in [0.25, 0.3) is 0 Å². The average molecular weight is 275 g/mol. The van der Waals surface area contributed by atoms with Crippen molar-refractivity contribution in [2.45, 2.75) is 59.7 Å². The fraction of sp³-hybridized carbons (Fsp3) is 0.706. The van der Waals surface area contributed by atoms with Crippen LogP contribution >= 0.6 is 0 Å². The molecule has 1 aromatic rings. The van der Waals surface area contributed by atoms with Gasteiger partial charge in [-0.15, -0.1) is 0 Å². The number of nitrogens with zero attached hydrogens (tertiary/aromatic N) is 2. The van der Waals surface area contributed by atoms with E-state index in [4.69, 9.17) is 4.98 Å². The summed E-state index contributed by atoms with van der Waals surface area (Å²) in [5.41, 5.74) is 2.87. The van der Waals surface area contributed by atoms with Crippen LogP contribution in [-0.2, 0) is 13.1 Å². The van der Waals surface area contributed by atoms with E-state index in [1.54, 1.807) is 0 Å². The van der Waals surface area contributed by atoms with E-state index in [0.717, 1.165) is 18.8 Å². The van der Waals surface area contributed by atoms with E-state index in [1.807, 2.05) is 0 Å². The molecule has 0 radical (unpaired) electrons. The Morgan fingerprint density at radius 3 is 2.50 bits per heavy atom. The van der Waals surface area contributed by atoms with Gasteiger partial charge in [-0.25, -0.2) is 0 Å². The first kappa shape index (κ1) is 15.5. The van der Waals surface area contributed by atoms with Gasteiger partial charge in [0, 0.05) is 19.1 Å². The maximum atomic E-state index is 4.77. The molecule has 0 aliphatic carbocycles. The number of likely N-dealkylation sites (tertiary alicyclic amines) is 1. The van der Waals surface area contributed by atoms with Crippen LogP contribution in [0.3, 0.4) is 0 Å². The Labute approximate surface area is 123 Å². The molecule has 1 aliphatic heterocycles. The van der Waals surface area contributed by atoms with Gasteiger partial charge < -0.3 is 5.32 Å². The van der Waals surface area contributed by atoms with Crippen molar-refractivity contribution in [3.05, 3.63) is 29.6 Å². The van der Waals surface area contributed by atoms with Crippen molar-refractivity contribution >= 4 is 0 Å². The molecule has 1 N–H and O–H groups in total. The lowest BCUT2D eigenvalue weighted by Crippen LogP contribution is -2.37. The third-order valence-corrected chi connectivity index (χ3v) is 4.15. The first-order valence-corrected chi connectivity index (χ1v) is 7.85. The molecular weight excluding hydrogens is 246 g/mol. The van der Waals surface area contributed by atoms with Gasteiger partial charge in [0.15, 0.2) is 0 Å². The van der Waals surface area contributed by atoms with Crippen LogP contribution in [0.2, 0.25) is 0 Å². The number of nitrogens with one attached hydrogen (secondary N) is 1. The minimum Gasteiger partial charge on any atom is -0.309 e. The Morgan fingerprint density at radius 1 is 1.20 bits per heavy atom. The van der Waals surface area contributed by atoms with Crippen molar-refractivity contribution in [1.29, 1.82) is 0 Å². The molecule has 0 bridgehead atoms. The van der Waals surface area contributed by atoms with Crippen LogP contribution in [0.15, 0.2) is 18.2 Å². The Kier molecular flexibility index (Phi) is 5.17. The molecule has 112 valence electrons. The molecule has 3 nitrogen and oxygen atoms in total. The van der Waals surface area contributed by atoms with Gasteiger partial charge in [0.2, 0.25) is 0 Å². The molecule has 0 aromatic carbocycles. The number of hydrogen-bond donors (Lipinski definition) is 1. The summed E-state index contributed by atoms with van der Waals surface area (Å²) in [4.78, 5) is 7.31. The lowest BCUT2D eigenvalue weighted by atomic mass is 9.83. The number of hydrogen-bond acceptors (Lipinski definition) is 3. The molecule has 3 heteroatoms. The quantitative estimate of drug-likeness (QED) is 0.894. The number of pyridine rings is 1. The van der Waals surface area contributed by atoms with Crippen molar-refractivity contribution in [2.75, 3.05) is 13.1 Å². The second-order valence-corrected chi connectivity index (χ2v) is 7.10. The maximum Gasteiger partial charge on any atom is 0.0547 e. The molecule has 0 saturated carbocycles. The first-order valence-electron chi connectivity index (χ1n) is 7.85. The van der Waals surface area contributed by atoms with E-state index in [0.29, 0.717) is 11.5 Å². The SMILES string of the molecule is CC(C)NCc1cccc(CN2CCC(C)(C)CC2)n1. The third kappa shape index (κ3) is 4.88. The number of rotatable bonds is 5. The normalized spacial score (nSPS) is 19.4. The lowest BCUT2D eigenvalue weighted by Gasteiger charge is -2.36. The van der Waals surface area contributed by atoms with E-state index in [2.05, 4.69) is 56.1 Å². The summed E-state index contributed by atoms with van der Waals surface area (Å²) in [7, 11) is 0. The van der Waals surface area contributed by atoms with Crippen molar-refractivity contribution in [2.24, 2.45) is 5.41 Å². The van der Waals surface area contributed by atoms with Crippen LogP contribution in [0, 0.1) is 5.41 Å². The molecule has 1 aromatic heterocycles. The summed E-state index contributed by atoms with van der Waals surface area (Å²) in [5.74, 6) is 0. The van der Waals surface area contributed by atoms with E-state index in [1.165, 1.54) is 31.6 Å². The van der Waals surface area contributed by atoms with E-state index in [-0.39, 0.29) is 0 Å². The van der Waals surface area contributed by atoms with Crippen molar-refractivity contribution in [3.8, 4) is 0 Å². The molecular formula is C17H29N3. The fourth-order valence-electron chi connectivity index (χ4n) is 2.57. The molecule has 0 amide bonds. The highest BCUT2D eigenvalue weighted by atomic mass is 15.1. The number of aromatic nitrogens is 1. The van der Waals surface area contributed by atoms with E-state index in [9.17, 15) is 0 Å². The number of piperidine rings is 1. The van der Waals surface area contributed by atoms with Gasteiger partial charge in [0.1, 0.15) is 0 Å². The van der Waals surface area contributed by atoms with Gasteiger partial charge in [-0.05, 0) is 43.5 Å². The van der Waals surface area contributed by atoms with Crippen LogP contribution in [-0.4, -0.2) is 29.0 Å². The summed E-state index contributed by atoms with van der Waals surface area (Å²) in [6.45, 7) is 13.3. The van der Waals surface area contributed by atoms with Gasteiger partial charge in [0.25, 0.3) is 0 Å². The van der Waals surface area contributed by atoms with E-state index >= 15 is 0 Å². The zero-order chi connectivity index (χ0) is 14.6. The second kappa shape index (κ2) is 6.68. The zero-order valence-electron chi connectivity index (χ0n) is 13.4. The van der Waals surface area contributed by atoms with Crippen molar-refractivity contribution in [3.63, 3.8) is 0 Å². The molecule has 1 fully saturated rings. The average Bonchev–Trinajstić information content (AvgIpc) is 2.39. The molecule has 2 rings (SSSR count). The van der Waals surface area contributed by atoms with Gasteiger partial charge >= 0.3 is 0 Å². The Balaban J connectivity index is 1.88. The zero-order valence-corrected chi connectivity index (χ0v) is 13.4. The topological polar surface area (TPSA) is 28.2 Å². The Bertz CT molecular complexity index is 416. The first-order chi connectivity index (χ1) is 9.44. The van der Waals surface area contributed by atoms with Crippen LogP contribution in [0.1, 0.15) is 51.9 Å². The van der Waals surface area contributed by atoms with Gasteiger partial charge in [-0.2, -0.15) is 0 Å². The summed E-state index contributed by atoms with van der Waals surface area (Å²) >= 11 is 0. The molecule has 0 atom stereocenters. The Hall–Kier alpha value is -0.930. The summed E-state index contributed by atoms with van der Waals surface area (Å²) in [5, 5.41) is 3.43. The van der Waals surface area contributed by atoms with Gasteiger partial charge in [0.05, 0.1) is 11.4 Å². The van der Waals surface area contributed by atoms with Gasteiger partial charge in [-0.3, -0.25) is 9.88 Å². The summed E-state index contributed by atoms with van der Waals surface area (Å²) in [6, 6.07) is 6.90. The van der Waals surface area contributed by atoms with Crippen LogP contribution in [0.5, 0.6) is 0 Å². The predicted molar refractivity (Wildman–Crippen MR) is 84.5 cm³/mol. The van der Waals surface area contributed by atoms with E-state index < -0.39 is 0 Å². The van der Waals surface area contributed by atoms with Gasteiger partial charge in [-0.1, -0.05) is 33.8 Å². The highest BCUT2D eigenvalue weighted by molar-refractivity contribution is 5.11. The minimum atomic E-state index is 0.504. The molecule has 0 spiro atoms. The second-order valence-electron chi connectivity index (χ2n) is 7.10. The van der Waals surface area contributed by atoms with Crippen molar-refractivity contribution in [1.82, 2.24) is 15.2 Å². The highest BCUT2D eigenvalue weighted by Crippen LogP contribution is 2.30. The van der Waals surface area contributed by atoms with Crippen LogP contribution < -0.4 is 5.32 Å². The van der Waals surface area contributed by atoms with Crippen LogP contribution in [0.4, 0.5) is 0 Å². The molecule has 1 saturated heterocycles. The maximum absolute atomic E-state index is 4.77. The predicted octanol–water partition coefficient (Wildman–Crippen LogP) is 3.20. The standard InChI is InChI=1S/C17H29N3/c1-14(2)18-12-15-6-5-7-16(19-15)13-20-10-8-17(3,4)9-11-20/h5-7,14,18H,8-13H2,1-4H3. The minimum absolute atomic E-state index is 0.504. The smallest absolute Gasteiger partial charge is 0.0547 e. The molecule has 20 heavy (non-hydrogen) atoms. The monoisotopic (exact) mass is 275 g/mol. The third-order valence-electron chi connectivity index (χ3n) is 4.15. The molecule has 0 unspecified atom stereocenters.